The number of anilines is 1. The van der Waals surface area contributed by atoms with Gasteiger partial charge in [0.05, 0.1) is 16.3 Å². The Kier molecular flexibility index (Phi) is 6.27. The summed E-state index contributed by atoms with van der Waals surface area (Å²) in [5, 5.41) is 14.4. The summed E-state index contributed by atoms with van der Waals surface area (Å²) in [7, 11) is 1.95. The first-order chi connectivity index (χ1) is 9.43. The van der Waals surface area contributed by atoms with E-state index in [1.807, 2.05) is 14.0 Å². The number of aromatic carboxylic acids is 1. The van der Waals surface area contributed by atoms with Gasteiger partial charge in [-0.1, -0.05) is 18.5 Å². The standard InChI is InChI=1S/C13H18ClN3O3/c1-3-17(2)7-6-15-13(20)16-11-8-9(12(18)19)4-5-10(11)14/h4-5,8H,3,6-7H2,1-2H3,(H,18,19)(H2,15,16,20). The number of nitrogens with one attached hydrogen (secondary N) is 2. The molecule has 1 aromatic rings. The fraction of sp³-hybridized carbons (Fsp3) is 0.385. The number of benzene rings is 1. The average Bonchev–Trinajstić information content (AvgIpc) is 2.40. The quantitative estimate of drug-likeness (QED) is 0.751. The Morgan fingerprint density at radius 2 is 2.10 bits per heavy atom. The van der Waals surface area contributed by atoms with Crippen molar-refractivity contribution >= 4 is 29.3 Å². The minimum atomic E-state index is -1.07. The Morgan fingerprint density at radius 3 is 2.70 bits per heavy atom. The Labute approximate surface area is 122 Å². The van der Waals surface area contributed by atoms with Gasteiger partial charge < -0.3 is 20.6 Å². The van der Waals surface area contributed by atoms with Crippen molar-refractivity contribution in [3.05, 3.63) is 28.8 Å². The highest BCUT2D eigenvalue weighted by Gasteiger charge is 2.09. The molecule has 0 aliphatic carbocycles. The van der Waals surface area contributed by atoms with Crippen molar-refractivity contribution in [1.29, 1.82) is 0 Å². The van der Waals surface area contributed by atoms with Gasteiger partial charge in [-0.3, -0.25) is 0 Å². The number of urea groups is 1. The number of hydrogen-bond acceptors (Lipinski definition) is 3. The van der Waals surface area contributed by atoms with E-state index in [-0.39, 0.29) is 16.3 Å². The van der Waals surface area contributed by atoms with Crippen molar-refractivity contribution in [1.82, 2.24) is 10.2 Å². The topological polar surface area (TPSA) is 81.7 Å². The second kappa shape index (κ2) is 7.72. The fourth-order valence-corrected chi connectivity index (χ4v) is 1.60. The molecule has 7 heteroatoms. The third-order valence-electron chi connectivity index (χ3n) is 2.78. The van der Waals surface area contributed by atoms with Gasteiger partial charge in [0.1, 0.15) is 0 Å². The Morgan fingerprint density at radius 1 is 1.40 bits per heavy atom. The molecule has 20 heavy (non-hydrogen) atoms. The highest BCUT2D eigenvalue weighted by Crippen LogP contribution is 2.22. The molecular formula is C13H18ClN3O3. The van der Waals surface area contributed by atoms with E-state index in [1.54, 1.807) is 0 Å². The van der Waals surface area contributed by atoms with Gasteiger partial charge in [0.2, 0.25) is 0 Å². The molecule has 0 fully saturated rings. The van der Waals surface area contributed by atoms with Crippen molar-refractivity contribution < 1.29 is 14.7 Å². The van der Waals surface area contributed by atoms with Crippen molar-refractivity contribution in [3.8, 4) is 0 Å². The second-order valence-corrected chi connectivity index (χ2v) is 4.68. The lowest BCUT2D eigenvalue weighted by Gasteiger charge is -2.14. The van der Waals surface area contributed by atoms with Crippen LogP contribution in [0.2, 0.25) is 5.02 Å². The zero-order valence-electron chi connectivity index (χ0n) is 11.4. The second-order valence-electron chi connectivity index (χ2n) is 4.28. The summed E-state index contributed by atoms with van der Waals surface area (Å²) in [4.78, 5) is 24.6. The highest BCUT2D eigenvalue weighted by molar-refractivity contribution is 6.33. The number of amides is 2. The smallest absolute Gasteiger partial charge is 0.335 e. The van der Waals surface area contributed by atoms with Crippen LogP contribution in [0, 0.1) is 0 Å². The van der Waals surface area contributed by atoms with E-state index in [4.69, 9.17) is 16.7 Å². The number of nitrogens with zero attached hydrogens (tertiary/aromatic N) is 1. The molecule has 0 aromatic heterocycles. The van der Waals surface area contributed by atoms with Crippen LogP contribution in [0.3, 0.4) is 0 Å². The lowest BCUT2D eigenvalue weighted by Crippen LogP contribution is -2.35. The first kappa shape index (κ1) is 16.3. The predicted molar refractivity (Wildman–Crippen MR) is 78.6 cm³/mol. The number of carboxylic acid groups (broad SMARTS) is 1. The van der Waals surface area contributed by atoms with Crippen LogP contribution >= 0.6 is 11.6 Å². The number of likely N-dealkylation sites (N-methyl/N-ethyl adjacent to an activating group) is 1. The number of carbonyl (C=O) groups is 2. The summed E-state index contributed by atoms with van der Waals surface area (Å²) in [6.45, 7) is 4.15. The van der Waals surface area contributed by atoms with Gasteiger partial charge in [0.25, 0.3) is 0 Å². The molecule has 0 spiro atoms. The molecule has 1 rings (SSSR count). The molecule has 0 bridgehead atoms. The van der Waals surface area contributed by atoms with Crippen LogP contribution < -0.4 is 10.6 Å². The highest BCUT2D eigenvalue weighted by atomic mass is 35.5. The summed E-state index contributed by atoms with van der Waals surface area (Å²) < 4.78 is 0. The van der Waals surface area contributed by atoms with E-state index in [0.29, 0.717) is 6.54 Å². The van der Waals surface area contributed by atoms with Gasteiger partial charge in [0, 0.05) is 13.1 Å². The predicted octanol–water partition coefficient (Wildman–Crippen LogP) is 2.11. The van der Waals surface area contributed by atoms with Gasteiger partial charge in [-0.15, -0.1) is 0 Å². The Balaban J connectivity index is 2.57. The number of rotatable bonds is 6. The van der Waals surface area contributed by atoms with E-state index in [1.165, 1.54) is 18.2 Å². The summed E-state index contributed by atoms with van der Waals surface area (Å²) in [6, 6.07) is 3.72. The van der Waals surface area contributed by atoms with Crippen LogP contribution in [0.15, 0.2) is 18.2 Å². The third-order valence-corrected chi connectivity index (χ3v) is 3.11. The van der Waals surface area contributed by atoms with Crippen molar-refractivity contribution in [2.75, 3.05) is 32.0 Å². The summed E-state index contributed by atoms with van der Waals surface area (Å²) in [5.74, 6) is -1.07. The van der Waals surface area contributed by atoms with Gasteiger partial charge >= 0.3 is 12.0 Å². The number of carboxylic acids is 1. The van der Waals surface area contributed by atoms with Crippen LogP contribution in [0.25, 0.3) is 0 Å². The first-order valence-corrected chi connectivity index (χ1v) is 6.58. The molecule has 0 aliphatic heterocycles. The molecule has 110 valence electrons. The van der Waals surface area contributed by atoms with Crippen molar-refractivity contribution in [2.45, 2.75) is 6.92 Å². The van der Waals surface area contributed by atoms with Crippen LogP contribution in [0.1, 0.15) is 17.3 Å². The zero-order valence-corrected chi connectivity index (χ0v) is 12.2. The maximum Gasteiger partial charge on any atom is 0.335 e. The molecule has 0 heterocycles. The van der Waals surface area contributed by atoms with Crippen molar-refractivity contribution in [2.24, 2.45) is 0 Å². The largest absolute Gasteiger partial charge is 0.478 e. The molecule has 0 unspecified atom stereocenters. The number of hydrogen-bond donors (Lipinski definition) is 3. The van der Waals surface area contributed by atoms with Crippen LogP contribution in [-0.2, 0) is 0 Å². The number of carbonyl (C=O) groups excluding carboxylic acids is 1. The Hall–Kier alpha value is -1.79. The lowest BCUT2D eigenvalue weighted by atomic mass is 10.2. The molecular weight excluding hydrogens is 282 g/mol. The van der Waals surface area contributed by atoms with Gasteiger partial charge in [-0.25, -0.2) is 9.59 Å². The fourth-order valence-electron chi connectivity index (χ4n) is 1.44. The maximum absolute atomic E-state index is 11.7. The summed E-state index contributed by atoms with van der Waals surface area (Å²) in [6.07, 6.45) is 0. The molecule has 3 N–H and O–H groups in total. The van der Waals surface area contributed by atoms with E-state index in [0.717, 1.165) is 13.1 Å². The molecule has 2 amide bonds. The zero-order chi connectivity index (χ0) is 15.1. The van der Waals surface area contributed by atoms with E-state index in [9.17, 15) is 9.59 Å². The van der Waals surface area contributed by atoms with E-state index >= 15 is 0 Å². The van der Waals surface area contributed by atoms with Gasteiger partial charge in [-0.05, 0) is 31.8 Å². The lowest BCUT2D eigenvalue weighted by molar-refractivity contribution is 0.0697. The maximum atomic E-state index is 11.7. The van der Waals surface area contributed by atoms with E-state index in [2.05, 4.69) is 15.5 Å². The molecule has 0 radical (unpaired) electrons. The van der Waals surface area contributed by atoms with E-state index < -0.39 is 12.0 Å². The molecule has 0 atom stereocenters. The normalized spacial score (nSPS) is 10.4. The average molecular weight is 300 g/mol. The number of halogens is 1. The van der Waals surface area contributed by atoms with Gasteiger partial charge in [-0.2, -0.15) is 0 Å². The third kappa shape index (κ3) is 5.07. The first-order valence-electron chi connectivity index (χ1n) is 6.20. The molecule has 0 saturated carbocycles. The van der Waals surface area contributed by atoms with Crippen LogP contribution in [0.5, 0.6) is 0 Å². The minimum Gasteiger partial charge on any atom is -0.478 e. The minimum absolute atomic E-state index is 0.0652. The monoisotopic (exact) mass is 299 g/mol. The molecule has 0 aliphatic rings. The SMILES string of the molecule is CCN(C)CCNC(=O)Nc1cc(C(=O)O)ccc1Cl. The summed E-state index contributed by atoms with van der Waals surface area (Å²) in [5.41, 5.74) is 0.336. The van der Waals surface area contributed by atoms with Crippen LogP contribution in [-0.4, -0.2) is 48.7 Å². The van der Waals surface area contributed by atoms with Gasteiger partial charge in [0.15, 0.2) is 0 Å². The molecule has 6 nitrogen and oxygen atoms in total. The Bertz CT molecular complexity index is 494. The molecule has 0 saturated heterocycles. The molecule has 1 aromatic carbocycles. The summed E-state index contributed by atoms with van der Waals surface area (Å²) >= 11 is 5.91. The van der Waals surface area contributed by atoms with Crippen molar-refractivity contribution in [3.63, 3.8) is 0 Å². The van der Waals surface area contributed by atoms with Crippen LogP contribution in [0.4, 0.5) is 10.5 Å².